The standard InChI is InChI=1S/C15H20N2O3/c1-3-20-14-8-4-12(5-9-14)16-15(19)10-17(11(2)18)13-6-7-13/h4-5,8-9,13H,3,6-7,10H2,1-2H3,(H,16,19). The SMILES string of the molecule is CCOc1ccc(NC(=O)CN(C(C)=O)C2CC2)cc1. The minimum absolute atomic E-state index is 0.0469. The highest BCUT2D eigenvalue weighted by atomic mass is 16.5. The molecule has 1 aliphatic rings. The van der Waals surface area contributed by atoms with Crippen LogP contribution in [0.1, 0.15) is 26.7 Å². The molecule has 0 aliphatic heterocycles. The van der Waals surface area contributed by atoms with E-state index in [0.717, 1.165) is 18.6 Å². The highest BCUT2D eigenvalue weighted by Crippen LogP contribution is 2.26. The average Bonchev–Trinajstić information content (AvgIpc) is 3.22. The summed E-state index contributed by atoms with van der Waals surface area (Å²) in [4.78, 5) is 25.0. The predicted molar refractivity (Wildman–Crippen MR) is 76.6 cm³/mol. The molecule has 0 heterocycles. The smallest absolute Gasteiger partial charge is 0.244 e. The predicted octanol–water partition coefficient (Wildman–Crippen LogP) is 2.03. The molecule has 2 amide bonds. The van der Waals surface area contributed by atoms with E-state index in [1.807, 2.05) is 19.1 Å². The van der Waals surface area contributed by atoms with Gasteiger partial charge in [0.1, 0.15) is 12.3 Å². The zero-order valence-corrected chi connectivity index (χ0v) is 11.9. The van der Waals surface area contributed by atoms with E-state index in [9.17, 15) is 9.59 Å². The molecule has 1 fully saturated rings. The number of nitrogens with zero attached hydrogens (tertiary/aromatic N) is 1. The van der Waals surface area contributed by atoms with Crippen molar-refractivity contribution in [2.45, 2.75) is 32.7 Å². The van der Waals surface area contributed by atoms with Gasteiger partial charge in [0.25, 0.3) is 0 Å². The van der Waals surface area contributed by atoms with Gasteiger partial charge in [-0.2, -0.15) is 0 Å². The van der Waals surface area contributed by atoms with Crippen LogP contribution in [0.3, 0.4) is 0 Å². The molecule has 2 rings (SSSR count). The third-order valence-corrected chi connectivity index (χ3v) is 3.16. The van der Waals surface area contributed by atoms with Crippen LogP contribution in [0, 0.1) is 0 Å². The Morgan fingerprint density at radius 1 is 1.30 bits per heavy atom. The van der Waals surface area contributed by atoms with Gasteiger partial charge >= 0.3 is 0 Å². The number of carbonyl (C=O) groups is 2. The maximum Gasteiger partial charge on any atom is 0.244 e. The first-order valence-electron chi connectivity index (χ1n) is 6.90. The molecular formula is C15H20N2O3. The number of anilines is 1. The second-order valence-corrected chi connectivity index (χ2v) is 4.88. The van der Waals surface area contributed by atoms with Gasteiger partial charge in [-0.25, -0.2) is 0 Å². The van der Waals surface area contributed by atoms with Crippen LogP contribution >= 0.6 is 0 Å². The Morgan fingerprint density at radius 3 is 2.45 bits per heavy atom. The lowest BCUT2D eigenvalue weighted by Crippen LogP contribution is -2.38. The van der Waals surface area contributed by atoms with Gasteiger partial charge in [0, 0.05) is 18.7 Å². The third-order valence-electron chi connectivity index (χ3n) is 3.16. The first kappa shape index (κ1) is 14.4. The molecule has 1 aliphatic carbocycles. The lowest BCUT2D eigenvalue weighted by atomic mass is 10.3. The summed E-state index contributed by atoms with van der Waals surface area (Å²) >= 11 is 0. The van der Waals surface area contributed by atoms with Crippen LogP contribution in [0.25, 0.3) is 0 Å². The normalized spacial score (nSPS) is 13.7. The summed E-state index contributed by atoms with van der Waals surface area (Å²) in [6, 6.07) is 7.44. The molecule has 0 unspecified atom stereocenters. The van der Waals surface area contributed by atoms with Crippen molar-refractivity contribution in [3.05, 3.63) is 24.3 Å². The fourth-order valence-electron chi connectivity index (χ4n) is 2.04. The molecule has 1 N–H and O–H groups in total. The van der Waals surface area contributed by atoms with Crippen LogP contribution in [0.5, 0.6) is 5.75 Å². The first-order chi connectivity index (χ1) is 9.60. The molecule has 0 aromatic heterocycles. The van der Waals surface area contributed by atoms with E-state index < -0.39 is 0 Å². The molecule has 5 heteroatoms. The van der Waals surface area contributed by atoms with Crippen molar-refractivity contribution in [3.63, 3.8) is 0 Å². The van der Waals surface area contributed by atoms with Crippen molar-refractivity contribution >= 4 is 17.5 Å². The highest BCUT2D eigenvalue weighted by molar-refractivity contribution is 5.94. The quantitative estimate of drug-likeness (QED) is 0.865. The number of ether oxygens (including phenoxy) is 1. The zero-order chi connectivity index (χ0) is 14.5. The Kier molecular flexibility index (Phi) is 4.61. The van der Waals surface area contributed by atoms with E-state index in [1.165, 1.54) is 6.92 Å². The van der Waals surface area contributed by atoms with Crippen molar-refractivity contribution in [1.82, 2.24) is 4.90 Å². The second kappa shape index (κ2) is 6.41. The zero-order valence-electron chi connectivity index (χ0n) is 11.9. The van der Waals surface area contributed by atoms with Crippen molar-refractivity contribution in [1.29, 1.82) is 0 Å². The lowest BCUT2D eigenvalue weighted by molar-refractivity contribution is -0.133. The van der Waals surface area contributed by atoms with Gasteiger partial charge in [-0.1, -0.05) is 0 Å². The van der Waals surface area contributed by atoms with Crippen molar-refractivity contribution in [2.75, 3.05) is 18.5 Å². The van der Waals surface area contributed by atoms with Crippen molar-refractivity contribution < 1.29 is 14.3 Å². The summed E-state index contributed by atoms with van der Waals surface area (Å²) in [5, 5.41) is 2.79. The number of benzene rings is 1. The maximum atomic E-state index is 11.9. The topological polar surface area (TPSA) is 58.6 Å². The fraction of sp³-hybridized carbons (Fsp3) is 0.467. The average molecular weight is 276 g/mol. The molecular weight excluding hydrogens is 256 g/mol. The lowest BCUT2D eigenvalue weighted by Gasteiger charge is -2.19. The van der Waals surface area contributed by atoms with E-state index in [1.54, 1.807) is 17.0 Å². The van der Waals surface area contributed by atoms with Gasteiger partial charge in [-0.3, -0.25) is 9.59 Å². The molecule has 0 spiro atoms. The van der Waals surface area contributed by atoms with E-state index in [2.05, 4.69) is 5.32 Å². The summed E-state index contributed by atoms with van der Waals surface area (Å²) in [5.41, 5.74) is 0.706. The minimum atomic E-state index is -0.170. The molecule has 0 bridgehead atoms. The Labute approximate surface area is 118 Å². The number of amides is 2. The fourth-order valence-corrected chi connectivity index (χ4v) is 2.04. The largest absolute Gasteiger partial charge is 0.494 e. The van der Waals surface area contributed by atoms with E-state index >= 15 is 0 Å². The Balaban J connectivity index is 1.88. The van der Waals surface area contributed by atoms with Crippen molar-refractivity contribution in [2.24, 2.45) is 0 Å². The monoisotopic (exact) mass is 276 g/mol. The molecule has 0 saturated heterocycles. The van der Waals surface area contributed by atoms with Gasteiger partial charge in [0.2, 0.25) is 11.8 Å². The summed E-state index contributed by atoms with van der Waals surface area (Å²) in [7, 11) is 0. The molecule has 1 aromatic rings. The number of rotatable bonds is 6. The Bertz CT molecular complexity index is 480. The van der Waals surface area contributed by atoms with Gasteiger partial charge in [0.15, 0.2) is 0 Å². The molecule has 108 valence electrons. The number of carbonyl (C=O) groups excluding carboxylic acids is 2. The summed E-state index contributed by atoms with van der Waals surface area (Å²) in [5.74, 6) is 0.555. The third kappa shape index (κ3) is 3.98. The van der Waals surface area contributed by atoms with Gasteiger partial charge in [-0.05, 0) is 44.0 Å². The Morgan fingerprint density at radius 2 is 1.95 bits per heavy atom. The minimum Gasteiger partial charge on any atom is -0.494 e. The molecule has 20 heavy (non-hydrogen) atoms. The summed E-state index contributed by atoms with van der Waals surface area (Å²) in [6.07, 6.45) is 1.99. The van der Waals surface area contributed by atoms with Crippen LogP contribution in [0.2, 0.25) is 0 Å². The first-order valence-corrected chi connectivity index (χ1v) is 6.90. The van der Waals surface area contributed by atoms with Gasteiger partial charge in [0.05, 0.1) is 6.61 Å². The summed E-state index contributed by atoms with van der Waals surface area (Å²) < 4.78 is 5.34. The van der Waals surface area contributed by atoms with Crippen LogP contribution < -0.4 is 10.1 Å². The Hall–Kier alpha value is -2.04. The van der Waals surface area contributed by atoms with Gasteiger partial charge < -0.3 is 15.0 Å². The van der Waals surface area contributed by atoms with Crippen LogP contribution in [0.4, 0.5) is 5.69 Å². The highest BCUT2D eigenvalue weighted by Gasteiger charge is 2.31. The number of nitrogens with one attached hydrogen (secondary N) is 1. The van der Waals surface area contributed by atoms with Crippen LogP contribution in [-0.4, -0.2) is 35.9 Å². The van der Waals surface area contributed by atoms with Gasteiger partial charge in [-0.15, -0.1) is 0 Å². The molecule has 1 aromatic carbocycles. The number of hydrogen-bond donors (Lipinski definition) is 1. The summed E-state index contributed by atoms with van der Waals surface area (Å²) in [6.45, 7) is 4.15. The molecule has 5 nitrogen and oxygen atoms in total. The van der Waals surface area contributed by atoms with E-state index in [4.69, 9.17) is 4.74 Å². The van der Waals surface area contributed by atoms with E-state index in [0.29, 0.717) is 12.3 Å². The molecule has 1 saturated carbocycles. The van der Waals surface area contributed by atoms with Crippen LogP contribution in [0.15, 0.2) is 24.3 Å². The van der Waals surface area contributed by atoms with Crippen molar-refractivity contribution in [3.8, 4) is 5.75 Å². The van der Waals surface area contributed by atoms with E-state index in [-0.39, 0.29) is 24.4 Å². The number of hydrogen-bond acceptors (Lipinski definition) is 3. The van der Waals surface area contributed by atoms with Crippen LogP contribution in [-0.2, 0) is 9.59 Å². The maximum absolute atomic E-state index is 11.9. The second-order valence-electron chi connectivity index (χ2n) is 4.88. The molecule has 0 atom stereocenters. The molecule has 0 radical (unpaired) electrons.